The van der Waals surface area contributed by atoms with Gasteiger partial charge in [-0.25, -0.2) is 0 Å². The summed E-state index contributed by atoms with van der Waals surface area (Å²) in [4.78, 5) is 13.4. The van der Waals surface area contributed by atoms with Crippen molar-refractivity contribution in [3.05, 3.63) is 21.9 Å². The van der Waals surface area contributed by atoms with Crippen molar-refractivity contribution in [1.29, 1.82) is 0 Å². The third-order valence-corrected chi connectivity index (χ3v) is 3.27. The molecule has 0 bridgehead atoms. The van der Waals surface area contributed by atoms with E-state index in [9.17, 15) is 4.79 Å². The van der Waals surface area contributed by atoms with Crippen LogP contribution in [0.5, 0.6) is 0 Å². The van der Waals surface area contributed by atoms with Gasteiger partial charge in [-0.15, -0.1) is 16.4 Å². The van der Waals surface area contributed by atoms with Gasteiger partial charge in [0.15, 0.2) is 5.78 Å². The largest absolute Gasteiger partial charge is 0.347 e. The zero-order valence-electron chi connectivity index (χ0n) is 9.67. The summed E-state index contributed by atoms with van der Waals surface area (Å²) in [7, 11) is 0. The molecule has 0 radical (unpaired) electrons. The average molecular weight is 251 g/mol. The lowest BCUT2D eigenvalue weighted by Crippen LogP contribution is -2.02. The Balaban J connectivity index is 1.94. The first-order valence-electron chi connectivity index (χ1n) is 5.29. The predicted molar refractivity (Wildman–Crippen MR) is 65.1 cm³/mol. The number of carbonyl (C=O) groups excluding carboxylic acids is 1. The maximum atomic E-state index is 11.1. The monoisotopic (exact) mass is 251 g/mol. The van der Waals surface area contributed by atoms with E-state index >= 15 is 0 Å². The molecule has 2 rings (SSSR count). The van der Waals surface area contributed by atoms with Crippen molar-refractivity contribution < 1.29 is 4.79 Å². The zero-order chi connectivity index (χ0) is 12.3. The Kier molecular flexibility index (Phi) is 3.48. The molecule has 0 fully saturated rings. The van der Waals surface area contributed by atoms with E-state index in [1.54, 1.807) is 6.92 Å². The molecule has 2 heterocycles. The van der Waals surface area contributed by atoms with E-state index < -0.39 is 0 Å². The van der Waals surface area contributed by atoms with Crippen LogP contribution < -0.4 is 5.32 Å². The number of thiophene rings is 1. The van der Waals surface area contributed by atoms with Gasteiger partial charge in [0.05, 0.1) is 11.4 Å². The summed E-state index contributed by atoms with van der Waals surface area (Å²) in [5.41, 5.74) is 1.05. The van der Waals surface area contributed by atoms with Crippen molar-refractivity contribution in [1.82, 2.24) is 20.2 Å². The molecule has 0 amide bonds. The van der Waals surface area contributed by atoms with Crippen LogP contribution in [0, 0.1) is 0 Å². The summed E-state index contributed by atoms with van der Waals surface area (Å²) in [6.07, 6.45) is 0. The molecular formula is C10H13N5OS. The molecule has 1 N–H and O–H groups in total. The molecule has 90 valence electrons. The highest BCUT2D eigenvalue weighted by Crippen LogP contribution is 2.15. The molecular weight excluding hydrogens is 238 g/mol. The Hall–Kier alpha value is -1.76. The Morgan fingerprint density at radius 2 is 2.41 bits per heavy atom. The number of nitrogens with one attached hydrogen (secondary N) is 1. The van der Waals surface area contributed by atoms with E-state index in [4.69, 9.17) is 0 Å². The highest BCUT2D eigenvalue weighted by atomic mass is 32.1. The van der Waals surface area contributed by atoms with Gasteiger partial charge in [0.25, 0.3) is 5.95 Å². The summed E-state index contributed by atoms with van der Waals surface area (Å²) in [5.74, 6) is 0.596. The van der Waals surface area contributed by atoms with Crippen LogP contribution in [0.4, 0.5) is 5.95 Å². The fourth-order valence-corrected chi connectivity index (χ4v) is 2.10. The van der Waals surface area contributed by atoms with Crippen LogP contribution >= 0.6 is 11.3 Å². The van der Waals surface area contributed by atoms with Gasteiger partial charge in [0, 0.05) is 6.54 Å². The third kappa shape index (κ3) is 2.88. The molecule has 0 atom stereocenters. The zero-order valence-corrected chi connectivity index (χ0v) is 10.5. The van der Waals surface area contributed by atoms with Crippen molar-refractivity contribution >= 4 is 23.1 Å². The number of aromatic nitrogens is 4. The minimum Gasteiger partial charge on any atom is -0.347 e. The van der Waals surface area contributed by atoms with Gasteiger partial charge < -0.3 is 5.32 Å². The van der Waals surface area contributed by atoms with Crippen molar-refractivity contribution in [2.75, 3.05) is 5.32 Å². The molecule has 0 aromatic carbocycles. The lowest BCUT2D eigenvalue weighted by molar-refractivity contribution is 0.102. The molecule has 7 heteroatoms. The Bertz CT molecular complexity index is 518. The maximum absolute atomic E-state index is 11.1. The Morgan fingerprint density at radius 3 is 3.00 bits per heavy atom. The number of aryl methyl sites for hydroxylation is 1. The van der Waals surface area contributed by atoms with Crippen LogP contribution in [-0.2, 0) is 13.1 Å². The molecule has 0 saturated heterocycles. The van der Waals surface area contributed by atoms with Crippen molar-refractivity contribution in [2.45, 2.75) is 26.9 Å². The van der Waals surface area contributed by atoms with Crippen molar-refractivity contribution in [2.24, 2.45) is 0 Å². The van der Waals surface area contributed by atoms with Gasteiger partial charge >= 0.3 is 0 Å². The van der Waals surface area contributed by atoms with Gasteiger partial charge in [-0.3, -0.25) is 4.79 Å². The smallest absolute Gasteiger partial charge is 0.263 e. The van der Waals surface area contributed by atoms with Gasteiger partial charge in [0.1, 0.15) is 0 Å². The van der Waals surface area contributed by atoms with Crippen LogP contribution in [0.2, 0.25) is 0 Å². The van der Waals surface area contributed by atoms with Crippen LogP contribution in [0.1, 0.15) is 29.1 Å². The van der Waals surface area contributed by atoms with E-state index in [2.05, 4.69) is 20.7 Å². The van der Waals surface area contributed by atoms with E-state index in [0.29, 0.717) is 19.0 Å². The van der Waals surface area contributed by atoms with Gasteiger partial charge in [-0.05, 0) is 36.1 Å². The summed E-state index contributed by atoms with van der Waals surface area (Å²) in [6.45, 7) is 4.81. The van der Waals surface area contributed by atoms with Crippen LogP contribution in [0.25, 0.3) is 0 Å². The van der Waals surface area contributed by atoms with E-state index in [0.717, 1.165) is 10.4 Å². The number of Topliss-reactive ketones (excluding diaryl/α,β-unsaturated/α-hetero) is 1. The lowest BCUT2D eigenvalue weighted by Gasteiger charge is -1.97. The first-order valence-corrected chi connectivity index (χ1v) is 6.17. The highest BCUT2D eigenvalue weighted by molar-refractivity contribution is 7.12. The summed E-state index contributed by atoms with van der Waals surface area (Å²) < 4.78 is 0. The number of hydrogen-bond donors (Lipinski definition) is 1. The number of hydrogen-bond acceptors (Lipinski definition) is 6. The second-order valence-corrected chi connectivity index (χ2v) is 4.44. The van der Waals surface area contributed by atoms with Gasteiger partial charge in [-0.2, -0.15) is 4.80 Å². The molecule has 0 aliphatic heterocycles. The summed E-state index contributed by atoms with van der Waals surface area (Å²) in [6, 6.07) is 1.88. The van der Waals surface area contributed by atoms with Crippen LogP contribution in [-0.4, -0.2) is 26.0 Å². The molecule has 2 aromatic heterocycles. The normalized spacial score (nSPS) is 10.5. The van der Waals surface area contributed by atoms with Crippen LogP contribution in [0.3, 0.4) is 0 Å². The molecule has 0 saturated carbocycles. The lowest BCUT2D eigenvalue weighted by atomic mass is 10.3. The molecule has 0 unspecified atom stereocenters. The minimum absolute atomic E-state index is 0.0938. The summed E-state index contributed by atoms with van der Waals surface area (Å²) in [5, 5.41) is 16.8. The second kappa shape index (κ2) is 5.05. The number of ketones is 1. The van der Waals surface area contributed by atoms with E-state index in [1.165, 1.54) is 16.1 Å². The number of nitrogens with zero attached hydrogens (tertiary/aromatic N) is 4. The topological polar surface area (TPSA) is 72.7 Å². The van der Waals surface area contributed by atoms with E-state index in [1.807, 2.05) is 18.4 Å². The van der Waals surface area contributed by atoms with Crippen LogP contribution in [0.15, 0.2) is 11.4 Å². The maximum Gasteiger partial charge on any atom is 0.263 e. The summed E-state index contributed by atoms with van der Waals surface area (Å²) >= 11 is 1.45. The Morgan fingerprint density at radius 1 is 1.59 bits per heavy atom. The fourth-order valence-electron chi connectivity index (χ4n) is 1.28. The van der Waals surface area contributed by atoms with Crippen molar-refractivity contribution in [3.8, 4) is 0 Å². The molecule has 0 spiro atoms. The molecule has 0 aliphatic carbocycles. The standard InChI is InChI=1S/C10H13N5OS/c1-3-15-13-10(12-14-15)11-5-8-4-9(7(2)16)17-6-8/h4,6H,3,5H2,1-2H3,(H,11,13). The van der Waals surface area contributed by atoms with Gasteiger partial charge in [-0.1, -0.05) is 5.10 Å². The number of anilines is 1. The minimum atomic E-state index is 0.0938. The van der Waals surface area contributed by atoms with Crippen molar-refractivity contribution in [3.63, 3.8) is 0 Å². The highest BCUT2D eigenvalue weighted by Gasteiger charge is 2.05. The second-order valence-electron chi connectivity index (χ2n) is 3.53. The SMILES string of the molecule is CCn1nnc(NCc2csc(C(C)=O)c2)n1. The number of tetrazole rings is 1. The number of carbonyl (C=O) groups is 1. The third-order valence-electron chi connectivity index (χ3n) is 2.19. The Labute approximate surface area is 103 Å². The first-order chi connectivity index (χ1) is 8.19. The molecule has 2 aromatic rings. The number of rotatable bonds is 5. The molecule has 0 aliphatic rings. The predicted octanol–water partition coefficient (Wildman–Crippen LogP) is 1.57. The van der Waals surface area contributed by atoms with E-state index in [-0.39, 0.29) is 5.78 Å². The quantitative estimate of drug-likeness (QED) is 0.816. The average Bonchev–Trinajstić information content (AvgIpc) is 2.95. The fraction of sp³-hybridized carbons (Fsp3) is 0.400. The first kappa shape index (κ1) is 11.7. The molecule has 6 nitrogen and oxygen atoms in total. The van der Waals surface area contributed by atoms with Gasteiger partial charge in [0.2, 0.25) is 0 Å². The molecule has 17 heavy (non-hydrogen) atoms.